The predicted octanol–water partition coefficient (Wildman–Crippen LogP) is 2.94. The lowest BCUT2D eigenvalue weighted by molar-refractivity contribution is -0.119. The van der Waals surface area contributed by atoms with E-state index in [-0.39, 0.29) is 11.9 Å². The molecule has 2 aromatic rings. The Bertz CT molecular complexity index is 578. The smallest absolute Gasteiger partial charge is 0.217 e. The molecule has 1 aromatic carbocycles. The fourth-order valence-corrected chi connectivity index (χ4v) is 2.16. The first-order chi connectivity index (χ1) is 9.06. The second kappa shape index (κ2) is 5.83. The number of benzene rings is 1. The summed E-state index contributed by atoms with van der Waals surface area (Å²) in [6, 6.07) is 12.3. The van der Waals surface area contributed by atoms with E-state index in [9.17, 15) is 4.79 Å². The average Bonchev–Trinajstić information content (AvgIpc) is 2.37. The monoisotopic (exact) mass is 256 g/mol. The van der Waals surface area contributed by atoms with Crippen LogP contribution in [0.25, 0.3) is 10.9 Å². The molecule has 1 amide bonds. The van der Waals surface area contributed by atoms with Crippen molar-refractivity contribution >= 4 is 16.8 Å². The first kappa shape index (κ1) is 13.5. The molecule has 3 heteroatoms. The van der Waals surface area contributed by atoms with Gasteiger partial charge in [-0.15, -0.1) is 0 Å². The van der Waals surface area contributed by atoms with E-state index in [0.29, 0.717) is 5.92 Å². The van der Waals surface area contributed by atoms with Crippen LogP contribution in [0.3, 0.4) is 0 Å². The Morgan fingerprint density at radius 3 is 2.63 bits per heavy atom. The number of carbonyl (C=O) groups excluding carboxylic acids is 1. The van der Waals surface area contributed by atoms with Crippen molar-refractivity contribution in [3.63, 3.8) is 0 Å². The van der Waals surface area contributed by atoms with Gasteiger partial charge < -0.3 is 5.32 Å². The van der Waals surface area contributed by atoms with Gasteiger partial charge in [-0.1, -0.05) is 38.1 Å². The summed E-state index contributed by atoms with van der Waals surface area (Å²) in [7, 11) is 0. The first-order valence-corrected chi connectivity index (χ1v) is 6.68. The van der Waals surface area contributed by atoms with Crippen LogP contribution in [0.15, 0.2) is 36.4 Å². The molecule has 1 N–H and O–H groups in total. The van der Waals surface area contributed by atoms with E-state index in [1.807, 2.05) is 24.3 Å². The van der Waals surface area contributed by atoms with Crippen molar-refractivity contribution in [1.29, 1.82) is 0 Å². The molecular formula is C16H20N2O. The highest BCUT2D eigenvalue weighted by Crippen LogP contribution is 2.14. The molecule has 0 spiro atoms. The normalized spacial score (nSPS) is 12.6. The van der Waals surface area contributed by atoms with Gasteiger partial charge in [0.15, 0.2) is 0 Å². The molecule has 0 aliphatic heterocycles. The van der Waals surface area contributed by atoms with Gasteiger partial charge in [0.2, 0.25) is 5.91 Å². The van der Waals surface area contributed by atoms with Gasteiger partial charge in [0.25, 0.3) is 0 Å². The van der Waals surface area contributed by atoms with Gasteiger partial charge in [-0.3, -0.25) is 9.78 Å². The van der Waals surface area contributed by atoms with E-state index >= 15 is 0 Å². The molecule has 1 heterocycles. The maximum Gasteiger partial charge on any atom is 0.217 e. The predicted molar refractivity (Wildman–Crippen MR) is 77.9 cm³/mol. The molecule has 1 aromatic heterocycles. The van der Waals surface area contributed by atoms with Gasteiger partial charge in [-0.25, -0.2) is 0 Å². The average molecular weight is 256 g/mol. The Labute approximate surface area is 114 Å². The summed E-state index contributed by atoms with van der Waals surface area (Å²) in [5, 5.41) is 4.14. The maximum absolute atomic E-state index is 11.2. The molecular weight excluding hydrogens is 236 g/mol. The molecule has 2 rings (SSSR count). The molecule has 1 unspecified atom stereocenters. The van der Waals surface area contributed by atoms with Gasteiger partial charge in [0.05, 0.1) is 5.52 Å². The van der Waals surface area contributed by atoms with Gasteiger partial charge in [0.1, 0.15) is 0 Å². The lowest BCUT2D eigenvalue weighted by Gasteiger charge is -2.21. The standard InChI is InChI=1S/C16H20N2O/c1-11(2)16(17-12(3)19)10-14-9-8-13-6-4-5-7-15(13)18-14/h4-9,11,16H,10H2,1-3H3,(H,17,19). The van der Waals surface area contributed by atoms with E-state index in [0.717, 1.165) is 23.0 Å². The highest BCUT2D eigenvalue weighted by atomic mass is 16.1. The third kappa shape index (κ3) is 3.53. The zero-order chi connectivity index (χ0) is 13.8. The second-order valence-electron chi connectivity index (χ2n) is 5.25. The topological polar surface area (TPSA) is 42.0 Å². The number of nitrogens with one attached hydrogen (secondary N) is 1. The molecule has 0 fully saturated rings. The fraction of sp³-hybridized carbons (Fsp3) is 0.375. The van der Waals surface area contributed by atoms with E-state index in [2.05, 4.69) is 36.3 Å². The van der Waals surface area contributed by atoms with Crippen molar-refractivity contribution in [1.82, 2.24) is 10.3 Å². The van der Waals surface area contributed by atoms with Gasteiger partial charge in [0, 0.05) is 30.5 Å². The largest absolute Gasteiger partial charge is 0.353 e. The van der Waals surface area contributed by atoms with Crippen LogP contribution in [-0.2, 0) is 11.2 Å². The molecule has 0 aliphatic rings. The summed E-state index contributed by atoms with van der Waals surface area (Å²) in [6.45, 7) is 5.78. The Morgan fingerprint density at radius 2 is 1.95 bits per heavy atom. The quantitative estimate of drug-likeness (QED) is 0.913. The minimum atomic E-state index is 0.0134. The number of hydrogen-bond donors (Lipinski definition) is 1. The fourth-order valence-electron chi connectivity index (χ4n) is 2.16. The Balaban J connectivity index is 2.21. The highest BCUT2D eigenvalue weighted by molar-refractivity contribution is 5.78. The van der Waals surface area contributed by atoms with Crippen LogP contribution < -0.4 is 5.32 Å². The summed E-state index contributed by atoms with van der Waals surface area (Å²) in [5.41, 5.74) is 2.02. The minimum absolute atomic E-state index is 0.0134. The molecule has 0 saturated heterocycles. The van der Waals surface area contributed by atoms with E-state index in [4.69, 9.17) is 0 Å². The lowest BCUT2D eigenvalue weighted by atomic mass is 9.98. The number of aromatic nitrogens is 1. The summed E-state index contributed by atoms with van der Waals surface area (Å²) in [6.07, 6.45) is 0.766. The summed E-state index contributed by atoms with van der Waals surface area (Å²) in [4.78, 5) is 15.9. The van der Waals surface area contributed by atoms with Crippen LogP contribution in [-0.4, -0.2) is 16.9 Å². The number of hydrogen-bond acceptors (Lipinski definition) is 2. The number of nitrogens with zero attached hydrogens (tertiary/aromatic N) is 1. The molecule has 19 heavy (non-hydrogen) atoms. The van der Waals surface area contributed by atoms with Crippen molar-refractivity contribution < 1.29 is 4.79 Å². The summed E-state index contributed by atoms with van der Waals surface area (Å²) < 4.78 is 0. The van der Waals surface area contributed by atoms with Crippen molar-refractivity contribution in [3.8, 4) is 0 Å². The van der Waals surface area contributed by atoms with Crippen LogP contribution in [0.2, 0.25) is 0 Å². The van der Waals surface area contributed by atoms with E-state index < -0.39 is 0 Å². The zero-order valence-corrected chi connectivity index (χ0v) is 11.7. The van der Waals surface area contributed by atoms with Crippen LogP contribution in [0.1, 0.15) is 26.5 Å². The third-order valence-electron chi connectivity index (χ3n) is 3.28. The Morgan fingerprint density at radius 1 is 1.21 bits per heavy atom. The Kier molecular flexibility index (Phi) is 4.15. The van der Waals surface area contributed by atoms with Crippen molar-refractivity contribution in [3.05, 3.63) is 42.1 Å². The molecule has 0 aliphatic carbocycles. The summed E-state index contributed by atoms with van der Waals surface area (Å²) in [5.74, 6) is 0.400. The third-order valence-corrected chi connectivity index (χ3v) is 3.28. The highest BCUT2D eigenvalue weighted by Gasteiger charge is 2.15. The van der Waals surface area contributed by atoms with E-state index in [1.54, 1.807) is 6.92 Å². The van der Waals surface area contributed by atoms with Crippen molar-refractivity contribution in [2.45, 2.75) is 33.2 Å². The molecule has 3 nitrogen and oxygen atoms in total. The molecule has 1 atom stereocenters. The van der Waals surface area contributed by atoms with Crippen molar-refractivity contribution in [2.75, 3.05) is 0 Å². The maximum atomic E-state index is 11.2. The number of pyridine rings is 1. The van der Waals surface area contributed by atoms with Crippen LogP contribution >= 0.6 is 0 Å². The van der Waals surface area contributed by atoms with Crippen LogP contribution in [0.4, 0.5) is 0 Å². The van der Waals surface area contributed by atoms with E-state index in [1.165, 1.54) is 0 Å². The number of rotatable bonds is 4. The van der Waals surface area contributed by atoms with Crippen LogP contribution in [0, 0.1) is 5.92 Å². The Hall–Kier alpha value is -1.90. The minimum Gasteiger partial charge on any atom is -0.353 e. The van der Waals surface area contributed by atoms with Gasteiger partial charge >= 0.3 is 0 Å². The van der Waals surface area contributed by atoms with Crippen LogP contribution in [0.5, 0.6) is 0 Å². The summed E-state index contributed by atoms with van der Waals surface area (Å²) >= 11 is 0. The molecule has 0 radical (unpaired) electrons. The van der Waals surface area contributed by atoms with Gasteiger partial charge in [-0.05, 0) is 18.1 Å². The first-order valence-electron chi connectivity index (χ1n) is 6.68. The molecule has 0 saturated carbocycles. The SMILES string of the molecule is CC(=O)NC(Cc1ccc2ccccc2n1)C(C)C. The number of fused-ring (bicyclic) bond motifs is 1. The zero-order valence-electron chi connectivity index (χ0n) is 11.7. The number of para-hydroxylation sites is 1. The number of amides is 1. The van der Waals surface area contributed by atoms with Gasteiger partial charge in [-0.2, -0.15) is 0 Å². The molecule has 0 bridgehead atoms. The number of carbonyl (C=O) groups is 1. The second-order valence-corrected chi connectivity index (χ2v) is 5.25. The molecule has 100 valence electrons. The van der Waals surface area contributed by atoms with Crippen molar-refractivity contribution in [2.24, 2.45) is 5.92 Å². The lowest BCUT2D eigenvalue weighted by Crippen LogP contribution is -2.39.